The number of nitrogens with one attached hydrogen (secondary N) is 1. The quantitative estimate of drug-likeness (QED) is 0.742. The molecule has 0 radical (unpaired) electrons. The molecule has 2 unspecified atom stereocenters. The Kier molecular flexibility index (Phi) is 5.94. The smallest absolute Gasteiger partial charge is 0.00965 e. The first kappa shape index (κ1) is 15.0. The average molecular weight is 240 g/mol. The standard InChI is InChI=1S/C15H32N2/c1-13-8-9-14(2)17(12-13)11-7-6-10-16-15(3,4)5/h13-14,16H,6-12H2,1-5H3. The molecular weight excluding hydrogens is 208 g/mol. The van der Waals surface area contributed by atoms with Crippen LogP contribution in [0.2, 0.25) is 0 Å². The third-order valence-corrected chi connectivity index (χ3v) is 3.77. The maximum atomic E-state index is 3.56. The molecule has 2 nitrogen and oxygen atoms in total. The van der Waals surface area contributed by atoms with Crippen LogP contribution in [0.25, 0.3) is 0 Å². The van der Waals surface area contributed by atoms with E-state index in [2.05, 4.69) is 44.8 Å². The normalized spacial score (nSPS) is 27.4. The van der Waals surface area contributed by atoms with Crippen LogP contribution in [0.4, 0.5) is 0 Å². The fourth-order valence-corrected chi connectivity index (χ4v) is 2.59. The molecule has 1 saturated heterocycles. The fraction of sp³-hybridized carbons (Fsp3) is 1.00. The van der Waals surface area contributed by atoms with Gasteiger partial charge in [0.25, 0.3) is 0 Å². The molecule has 17 heavy (non-hydrogen) atoms. The highest BCUT2D eigenvalue weighted by molar-refractivity contribution is 4.77. The number of unbranched alkanes of at least 4 members (excludes halogenated alkanes) is 1. The van der Waals surface area contributed by atoms with Crippen LogP contribution in [-0.4, -0.2) is 36.1 Å². The van der Waals surface area contributed by atoms with E-state index in [1.807, 2.05) is 0 Å². The topological polar surface area (TPSA) is 15.3 Å². The second-order valence-corrected chi connectivity index (χ2v) is 6.91. The summed E-state index contributed by atoms with van der Waals surface area (Å²) in [5.74, 6) is 0.902. The Morgan fingerprint density at radius 3 is 2.47 bits per heavy atom. The third kappa shape index (κ3) is 6.42. The second-order valence-electron chi connectivity index (χ2n) is 6.91. The number of hydrogen-bond donors (Lipinski definition) is 1. The van der Waals surface area contributed by atoms with Gasteiger partial charge in [0.15, 0.2) is 0 Å². The van der Waals surface area contributed by atoms with Crippen LogP contribution in [-0.2, 0) is 0 Å². The molecule has 1 aliphatic heterocycles. The van der Waals surface area contributed by atoms with Crippen molar-refractivity contribution in [3.05, 3.63) is 0 Å². The average Bonchev–Trinajstić information content (AvgIpc) is 2.21. The first-order valence-corrected chi connectivity index (χ1v) is 7.37. The van der Waals surface area contributed by atoms with Gasteiger partial charge in [0.05, 0.1) is 0 Å². The largest absolute Gasteiger partial charge is 0.312 e. The van der Waals surface area contributed by atoms with Gasteiger partial charge in [-0.2, -0.15) is 0 Å². The van der Waals surface area contributed by atoms with Crippen molar-refractivity contribution in [3.63, 3.8) is 0 Å². The van der Waals surface area contributed by atoms with Crippen LogP contribution in [0.5, 0.6) is 0 Å². The highest BCUT2D eigenvalue weighted by atomic mass is 15.2. The molecule has 102 valence electrons. The Bertz CT molecular complexity index is 207. The Morgan fingerprint density at radius 1 is 1.12 bits per heavy atom. The zero-order valence-corrected chi connectivity index (χ0v) is 12.6. The molecular formula is C15H32N2. The van der Waals surface area contributed by atoms with E-state index in [4.69, 9.17) is 0 Å². The first-order valence-electron chi connectivity index (χ1n) is 7.37. The Hall–Kier alpha value is -0.0800. The zero-order chi connectivity index (χ0) is 12.9. The molecule has 0 aromatic carbocycles. The summed E-state index contributed by atoms with van der Waals surface area (Å²) in [6, 6.07) is 0.807. The van der Waals surface area contributed by atoms with Gasteiger partial charge in [-0.25, -0.2) is 0 Å². The Balaban J connectivity index is 2.09. The molecule has 0 saturated carbocycles. The lowest BCUT2D eigenvalue weighted by atomic mass is 9.95. The lowest BCUT2D eigenvalue weighted by molar-refractivity contribution is 0.122. The summed E-state index contributed by atoms with van der Waals surface area (Å²) in [6.45, 7) is 15.2. The van der Waals surface area contributed by atoms with Crippen LogP contribution < -0.4 is 5.32 Å². The first-order chi connectivity index (χ1) is 7.88. The maximum absolute atomic E-state index is 3.56. The van der Waals surface area contributed by atoms with Crippen LogP contribution in [0.1, 0.15) is 60.3 Å². The summed E-state index contributed by atoms with van der Waals surface area (Å²) in [5.41, 5.74) is 0.271. The lowest BCUT2D eigenvalue weighted by Gasteiger charge is -2.36. The van der Waals surface area contributed by atoms with E-state index in [1.54, 1.807) is 0 Å². The molecule has 0 spiro atoms. The molecule has 2 heteroatoms. The van der Waals surface area contributed by atoms with Gasteiger partial charge in [-0.05, 0) is 72.4 Å². The van der Waals surface area contributed by atoms with Gasteiger partial charge in [0, 0.05) is 18.1 Å². The number of nitrogens with zero attached hydrogens (tertiary/aromatic N) is 1. The van der Waals surface area contributed by atoms with Gasteiger partial charge < -0.3 is 10.2 Å². The molecule has 1 rings (SSSR count). The predicted octanol–water partition coefficient (Wildman–Crippen LogP) is 3.28. The number of piperidine rings is 1. The van der Waals surface area contributed by atoms with Crippen molar-refractivity contribution in [2.24, 2.45) is 5.92 Å². The summed E-state index contributed by atoms with van der Waals surface area (Å²) in [4.78, 5) is 2.69. The van der Waals surface area contributed by atoms with Gasteiger partial charge in [-0.1, -0.05) is 6.92 Å². The van der Waals surface area contributed by atoms with Gasteiger partial charge in [-0.3, -0.25) is 0 Å². The monoisotopic (exact) mass is 240 g/mol. The highest BCUT2D eigenvalue weighted by Gasteiger charge is 2.21. The summed E-state index contributed by atoms with van der Waals surface area (Å²) in [6.07, 6.45) is 5.44. The van der Waals surface area contributed by atoms with Gasteiger partial charge in [0.1, 0.15) is 0 Å². The minimum absolute atomic E-state index is 0.271. The summed E-state index contributed by atoms with van der Waals surface area (Å²) < 4.78 is 0. The van der Waals surface area contributed by atoms with Gasteiger partial charge in [-0.15, -0.1) is 0 Å². The van der Waals surface area contributed by atoms with E-state index in [-0.39, 0.29) is 5.54 Å². The Labute approximate surface area is 108 Å². The minimum atomic E-state index is 0.271. The maximum Gasteiger partial charge on any atom is 0.00965 e. The van der Waals surface area contributed by atoms with E-state index >= 15 is 0 Å². The molecule has 0 aromatic heterocycles. The molecule has 0 aliphatic carbocycles. The van der Waals surface area contributed by atoms with Crippen LogP contribution in [0.15, 0.2) is 0 Å². The lowest BCUT2D eigenvalue weighted by Crippen LogP contribution is -2.42. The van der Waals surface area contributed by atoms with Crippen molar-refractivity contribution in [3.8, 4) is 0 Å². The molecule has 1 fully saturated rings. The van der Waals surface area contributed by atoms with E-state index < -0.39 is 0 Å². The predicted molar refractivity (Wildman–Crippen MR) is 76.4 cm³/mol. The summed E-state index contributed by atoms with van der Waals surface area (Å²) in [7, 11) is 0. The number of rotatable bonds is 5. The molecule has 0 bridgehead atoms. The van der Waals surface area contributed by atoms with Crippen molar-refractivity contribution >= 4 is 0 Å². The van der Waals surface area contributed by atoms with E-state index in [1.165, 1.54) is 38.8 Å². The molecule has 0 amide bonds. The third-order valence-electron chi connectivity index (χ3n) is 3.77. The molecule has 1 N–H and O–H groups in total. The molecule has 1 aliphatic rings. The van der Waals surface area contributed by atoms with Crippen molar-refractivity contribution in [1.29, 1.82) is 0 Å². The second kappa shape index (κ2) is 6.75. The van der Waals surface area contributed by atoms with Crippen LogP contribution in [0, 0.1) is 5.92 Å². The molecule has 2 atom stereocenters. The SMILES string of the molecule is CC1CCC(C)N(CCCCNC(C)(C)C)C1. The van der Waals surface area contributed by atoms with E-state index in [0.29, 0.717) is 0 Å². The van der Waals surface area contributed by atoms with Crippen molar-refractivity contribution < 1.29 is 0 Å². The Morgan fingerprint density at radius 2 is 1.82 bits per heavy atom. The number of hydrogen-bond acceptors (Lipinski definition) is 2. The summed E-state index contributed by atoms with van der Waals surface area (Å²) in [5, 5.41) is 3.56. The van der Waals surface area contributed by atoms with Crippen molar-refractivity contribution in [1.82, 2.24) is 10.2 Å². The minimum Gasteiger partial charge on any atom is -0.312 e. The van der Waals surface area contributed by atoms with Crippen LogP contribution >= 0.6 is 0 Å². The van der Waals surface area contributed by atoms with Gasteiger partial charge >= 0.3 is 0 Å². The highest BCUT2D eigenvalue weighted by Crippen LogP contribution is 2.21. The zero-order valence-electron chi connectivity index (χ0n) is 12.6. The van der Waals surface area contributed by atoms with Gasteiger partial charge in [0.2, 0.25) is 0 Å². The van der Waals surface area contributed by atoms with E-state index in [9.17, 15) is 0 Å². The molecule has 1 heterocycles. The van der Waals surface area contributed by atoms with E-state index in [0.717, 1.165) is 18.5 Å². The number of likely N-dealkylation sites (tertiary alicyclic amines) is 1. The van der Waals surface area contributed by atoms with Crippen molar-refractivity contribution in [2.75, 3.05) is 19.6 Å². The van der Waals surface area contributed by atoms with Crippen molar-refractivity contribution in [2.45, 2.75) is 71.9 Å². The van der Waals surface area contributed by atoms with Crippen LogP contribution in [0.3, 0.4) is 0 Å². The summed E-state index contributed by atoms with van der Waals surface area (Å²) >= 11 is 0. The fourth-order valence-electron chi connectivity index (χ4n) is 2.59. The molecule has 0 aromatic rings.